The van der Waals surface area contributed by atoms with E-state index in [4.69, 9.17) is 4.74 Å². The minimum atomic E-state index is -3.18. The highest BCUT2D eigenvalue weighted by Gasteiger charge is 2.66. The van der Waals surface area contributed by atoms with E-state index in [1.54, 1.807) is 35.0 Å². The maximum atomic E-state index is 15.4. The minimum Gasteiger partial charge on any atom is -0.432 e. The SMILES string of the molecule is C[C@H]1[C@H]([Si](C)(C)O)[C@@H](CC(=O)N(CCO)Cc2ccccc2)O[C@]12C(=O)N(Cc1cccc(NC(=O)Cc3c[nH]c4ccccc34)c1)c1ccc(NC(=O)Cc3c[nH]c4ccccc34)cc12. The number of hydrogen-bond donors (Lipinski definition) is 6. The molecule has 0 radical (unpaired) electrons. The van der Waals surface area contributed by atoms with Crippen molar-refractivity contribution in [1.82, 2.24) is 14.9 Å². The smallest absolute Gasteiger partial charge is 0.264 e. The summed E-state index contributed by atoms with van der Waals surface area (Å²) in [6.45, 7) is 5.79. The third-order valence-electron chi connectivity index (χ3n) is 13.2. The van der Waals surface area contributed by atoms with Crippen LogP contribution in [0.5, 0.6) is 0 Å². The molecule has 13 nitrogen and oxygen atoms in total. The molecule has 4 heterocycles. The lowest BCUT2D eigenvalue weighted by atomic mass is 9.82. The summed E-state index contributed by atoms with van der Waals surface area (Å²) in [5.74, 6) is -1.64. The molecule has 2 aromatic heterocycles. The van der Waals surface area contributed by atoms with Gasteiger partial charge in [0.15, 0.2) is 13.9 Å². The van der Waals surface area contributed by atoms with Crippen LogP contribution < -0.4 is 15.5 Å². The molecule has 2 aliphatic rings. The van der Waals surface area contributed by atoms with E-state index < -0.39 is 31.5 Å². The molecule has 0 unspecified atom stereocenters. The lowest BCUT2D eigenvalue weighted by Gasteiger charge is -2.32. The van der Waals surface area contributed by atoms with Crippen molar-refractivity contribution in [3.8, 4) is 0 Å². The predicted molar refractivity (Wildman–Crippen MR) is 258 cm³/mol. The summed E-state index contributed by atoms with van der Waals surface area (Å²) in [6, 6.07) is 37.9. The second kappa shape index (κ2) is 18.2. The summed E-state index contributed by atoms with van der Waals surface area (Å²) >= 11 is 0. The Morgan fingerprint density at radius 2 is 1.36 bits per heavy atom. The molecule has 0 saturated carbocycles. The molecule has 66 heavy (non-hydrogen) atoms. The molecule has 1 saturated heterocycles. The number of fused-ring (bicyclic) bond motifs is 4. The fourth-order valence-corrected chi connectivity index (χ4v) is 12.8. The van der Waals surface area contributed by atoms with Crippen LogP contribution in [0.3, 0.4) is 0 Å². The minimum absolute atomic E-state index is 0.103. The van der Waals surface area contributed by atoms with Crippen molar-refractivity contribution in [3.63, 3.8) is 0 Å². The van der Waals surface area contributed by atoms with Crippen molar-refractivity contribution in [1.29, 1.82) is 0 Å². The van der Waals surface area contributed by atoms with E-state index in [0.29, 0.717) is 22.6 Å². The number of amides is 4. The second-order valence-corrected chi connectivity index (χ2v) is 22.1. The van der Waals surface area contributed by atoms with Crippen LogP contribution in [0.1, 0.15) is 41.2 Å². The highest BCUT2D eigenvalue weighted by Crippen LogP contribution is 2.60. The van der Waals surface area contributed by atoms with Gasteiger partial charge >= 0.3 is 0 Å². The van der Waals surface area contributed by atoms with Crippen LogP contribution >= 0.6 is 0 Å². The number of aromatic nitrogens is 2. The third-order valence-corrected chi connectivity index (χ3v) is 15.7. The quantitative estimate of drug-likeness (QED) is 0.0569. The molecule has 6 N–H and O–H groups in total. The number of nitrogens with one attached hydrogen (secondary N) is 4. The Hall–Kier alpha value is -6.84. The molecule has 0 aliphatic carbocycles. The molecule has 9 rings (SSSR count). The van der Waals surface area contributed by atoms with Crippen molar-refractivity contribution >= 4 is 70.8 Å². The molecule has 14 heteroatoms. The van der Waals surface area contributed by atoms with Gasteiger partial charge in [0.2, 0.25) is 17.7 Å². The Morgan fingerprint density at radius 3 is 1.98 bits per heavy atom. The summed E-state index contributed by atoms with van der Waals surface area (Å²) in [6.07, 6.45) is 3.00. The van der Waals surface area contributed by atoms with Crippen molar-refractivity contribution in [2.24, 2.45) is 5.92 Å². The van der Waals surface area contributed by atoms with Gasteiger partial charge < -0.3 is 45.0 Å². The third kappa shape index (κ3) is 8.67. The molecule has 4 amide bonds. The average Bonchev–Trinajstić information content (AvgIpc) is 4.03. The number of benzene rings is 5. The van der Waals surface area contributed by atoms with Gasteiger partial charge in [-0.25, -0.2) is 0 Å². The lowest BCUT2D eigenvalue weighted by molar-refractivity contribution is -0.150. The number of carbonyl (C=O) groups is 4. The molecule has 1 fully saturated rings. The molecule has 2 aliphatic heterocycles. The van der Waals surface area contributed by atoms with E-state index in [9.17, 15) is 24.3 Å². The van der Waals surface area contributed by atoms with E-state index in [2.05, 4.69) is 20.6 Å². The zero-order chi connectivity index (χ0) is 46.2. The monoisotopic (exact) mass is 902 g/mol. The van der Waals surface area contributed by atoms with Crippen LogP contribution in [0.2, 0.25) is 18.6 Å². The van der Waals surface area contributed by atoms with Crippen LogP contribution in [-0.2, 0) is 55.4 Å². The van der Waals surface area contributed by atoms with Crippen molar-refractivity contribution < 1.29 is 33.8 Å². The Balaban J connectivity index is 1.03. The predicted octanol–water partition coefficient (Wildman–Crippen LogP) is 7.77. The van der Waals surface area contributed by atoms with Crippen LogP contribution in [-0.4, -0.2) is 76.0 Å². The standard InChI is InChI=1S/C52H54N6O7Si/c1-33-50(66(2,3)64)46(28-49(62)57(22-23-59)31-34-12-5-4-6-13-34)65-52(33)42-27-39(56-48(61)26-37-30-54-44-19-10-8-17-41(37)44)20-21-45(42)58(51(52)63)32-35-14-11-15-38(24-35)55-47(60)25-36-29-53-43-18-9-7-16-40(36)43/h4-21,24,27,29-30,33,46,50,53-54,59,64H,22-23,25-26,28,31-32H2,1-3H3,(H,55,60)(H,56,61)/t33-,46+,50-,52+/m0/s1. The summed E-state index contributed by atoms with van der Waals surface area (Å²) in [5.41, 5.74) is 5.24. The number of para-hydroxylation sites is 2. The molecule has 7 aromatic rings. The van der Waals surface area contributed by atoms with Crippen LogP contribution in [0.15, 0.2) is 134 Å². The second-order valence-electron chi connectivity index (χ2n) is 18.1. The summed E-state index contributed by atoms with van der Waals surface area (Å²) < 4.78 is 7.06. The van der Waals surface area contributed by atoms with E-state index >= 15 is 4.79 Å². The van der Waals surface area contributed by atoms with E-state index in [1.165, 1.54) is 0 Å². The van der Waals surface area contributed by atoms with Gasteiger partial charge in [0.25, 0.3) is 5.91 Å². The average molecular weight is 903 g/mol. The largest absolute Gasteiger partial charge is 0.432 e. The number of aliphatic hydroxyl groups excluding tert-OH is 1. The fourth-order valence-electron chi connectivity index (χ4n) is 10.3. The zero-order valence-electron chi connectivity index (χ0n) is 37.2. The van der Waals surface area contributed by atoms with Gasteiger partial charge in [0, 0.05) is 75.7 Å². The first-order valence-corrected chi connectivity index (χ1v) is 25.4. The van der Waals surface area contributed by atoms with Gasteiger partial charge in [0.05, 0.1) is 44.2 Å². The highest BCUT2D eigenvalue weighted by atomic mass is 28.4. The number of rotatable bonds is 15. The number of aliphatic hydroxyl groups is 1. The first kappa shape index (κ1) is 44.4. The van der Waals surface area contributed by atoms with Gasteiger partial charge in [-0.3, -0.25) is 19.2 Å². The van der Waals surface area contributed by atoms with Gasteiger partial charge in [-0.05, 0) is 77.8 Å². The van der Waals surface area contributed by atoms with E-state index in [0.717, 1.165) is 44.1 Å². The normalized spacial score (nSPS) is 19.1. The number of carbonyl (C=O) groups excluding carboxylic acids is 4. The first-order chi connectivity index (χ1) is 31.8. The Bertz CT molecular complexity index is 2940. The molecule has 5 aromatic carbocycles. The van der Waals surface area contributed by atoms with Gasteiger partial charge in [0.1, 0.15) is 0 Å². The number of hydrogen-bond acceptors (Lipinski definition) is 7. The molecule has 4 atom stereocenters. The molecule has 0 bridgehead atoms. The Kier molecular flexibility index (Phi) is 12.2. The highest BCUT2D eigenvalue weighted by molar-refractivity contribution is 6.71. The van der Waals surface area contributed by atoms with Gasteiger partial charge in [-0.2, -0.15) is 0 Å². The van der Waals surface area contributed by atoms with Crippen LogP contribution in [0, 0.1) is 5.92 Å². The van der Waals surface area contributed by atoms with Crippen molar-refractivity contribution in [2.75, 3.05) is 28.7 Å². The van der Waals surface area contributed by atoms with Crippen LogP contribution in [0.25, 0.3) is 21.8 Å². The zero-order valence-corrected chi connectivity index (χ0v) is 38.2. The maximum Gasteiger partial charge on any atom is 0.264 e. The molecular weight excluding hydrogens is 849 g/mol. The number of ether oxygens (including phenoxy) is 1. The molecular formula is C52H54N6O7Si. The first-order valence-electron chi connectivity index (χ1n) is 22.4. The molecule has 338 valence electrons. The number of aromatic amines is 2. The summed E-state index contributed by atoms with van der Waals surface area (Å²) in [4.78, 5) is 78.4. The molecule has 1 spiro atoms. The lowest BCUT2D eigenvalue weighted by Crippen LogP contribution is -2.46. The van der Waals surface area contributed by atoms with E-state index in [-0.39, 0.29) is 69.1 Å². The van der Waals surface area contributed by atoms with Gasteiger partial charge in [-0.15, -0.1) is 0 Å². The van der Waals surface area contributed by atoms with E-state index in [1.807, 2.05) is 129 Å². The van der Waals surface area contributed by atoms with Crippen molar-refractivity contribution in [2.45, 2.75) is 69.6 Å². The maximum absolute atomic E-state index is 15.4. The van der Waals surface area contributed by atoms with Gasteiger partial charge in [-0.1, -0.05) is 85.8 Å². The summed E-state index contributed by atoms with van der Waals surface area (Å²) in [5, 5.41) is 18.0. The fraction of sp³-hybridized carbons (Fsp3) is 0.269. The van der Waals surface area contributed by atoms with Crippen LogP contribution in [0.4, 0.5) is 17.1 Å². The number of anilines is 3. The number of H-pyrrole nitrogens is 2. The summed E-state index contributed by atoms with van der Waals surface area (Å²) in [7, 11) is -3.18. The topological polar surface area (TPSA) is 180 Å². The Morgan fingerprint density at radius 1 is 0.773 bits per heavy atom. The Labute approximate surface area is 383 Å². The van der Waals surface area contributed by atoms with Crippen molar-refractivity contribution in [3.05, 3.63) is 162 Å². The number of nitrogens with zero attached hydrogens (tertiary/aromatic N) is 2.